The molecule has 27 nitrogen and oxygen atoms in total. The zero-order valence-corrected chi connectivity index (χ0v) is 50.1. The van der Waals surface area contributed by atoms with Crippen molar-refractivity contribution in [2.75, 3.05) is 43.8 Å². The van der Waals surface area contributed by atoms with Gasteiger partial charge in [0.2, 0.25) is 53.2 Å². The van der Waals surface area contributed by atoms with Crippen LogP contribution in [0, 0.1) is 17.8 Å². The molecule has 4 heterocycles. The number of nitrogens with one attached hydrogen (secondary N) is 7. The summed E-state index contributed by atoms with van der Waals surface area (Å²) in [5.41, 5.74) is 6.96. The van der Waals surface area contributed by atoms with Crippen molar-refractivity contribution in [1.82, 2.24) is 51.8 Å². The summed E-state index contributed by atoms with van der Waals surface area (Å²) in [7, 11) is 0. The molecule has 2 bridgehead atoms. The Morgan fingerprint density at radius 1 is 0.762 bits per heavy atom. The summed E-state index contributed by atoms with van der Waals surface area (Å²) in [4.78, 5) is 194. The number of fused-ring (bicyclic) bond motifs is 5. The maximum atomic E-state index is 14.7. The molecule has 10 amide bonds. The number of alkyl halides is 1. The van der Waals surface area contributed by atoms with Gasteiger partial charge in [-0.1, -0.05) is 69.5 Å². The zero-order valence-electron chi connectivity index (χ0n) is 47.7. The van der Waals surface area contributed by atoms with Crippen LogP contribution >= 0.6 is 27.7 Å². The fraction of sp³-hybridized carbons (Fsp3) is 0.600. The average Bonchev–Trinajstić information content (AvgIpc) is 3.40. The van der Waals surface area contributed by atoms with E-state index >= 15 is 0 Å². The number of carboxylic acids is 1. The number of primary amides is 1. The first kappa shape index (κ1) is 67.5. The normalized spacial score (nSPS) is 23.1. The smallest absolute Gasteiger partial charge is 0.325 e. The summed E-state index contributed by atoms with van der Waals surface area (Å²) < 4.78 is 0. The SMILES string of the molecule is CCC(=O)N(CC(=O)O)N(CC(=O)CCCCC(=O)Cc1ccc2[nH]c3c(c2c1)C[C@H]1NC(=O)[C@H](C(C)CC)NC(=O)[C@@H]2C[C@@H](O)CN2C(=O)[C@H](CC(N)=O)CC(=O)[C@H](CS3)NC(=O)CNC(=O)[C@H]([C@@H](C)CC)NC(=O)CNC1=O)C(=O)CBr. The molecule has 1 aromatic carbocycles. The number of H-pyrrole nitrogens is 1. The van der Waals surface area contributed by atoms with Crippen LogP contribution in [0.15, 0.2) is 23.2 Å². The summed E-state index contributed by atoms with van der Waals surface area (Å²) in [5, 5.41) is 38.0. The molecular weight excluding hydrogens is 1180 g/mol. The van der Waals surface area contributed by atoms with Crippen molar-refractivity contribution >= 4 is 121 Å². The Balaban J connectivity index is 1.56. The average molecular weight is 1260 g/mol. The van der Waals surface area contributed by atoms with E-state index in [0.29, 0.717) is 39.9 Å². The molecule has 1 fully saturated rings. The van der Waals surface area contributed by atoms with Crippen molar-refractivity contribution < 1.29 is 77.3 Å². The van der Waals surface area contributed by atoms with E-state index in [1.54, 1.807) is 45.9 Å². The first-order valence-corrected chi connectivity index (χ1v) is 30.1. The molecule has 9 atom stereocenters. The van der Waals surface area contributed by atoms with E-state index in [2.05, 4.69) is 52.8 Å². The maximum Gasteiger partial charge on any atom is 0.325 e. The van der Waals surface area contributed by atoms with Gasteiger partial charge in [-0.3, -0.25) is 67.1 Å². The number of thioether (sulfide) groups is 1. The van der Waals surface area contributed by atoms with Gasteiger partial charge in [0.15, 0.2) is 11.6 Å². The van der Waals surface area contributed by atoms with Crippen molar-refractivity contribution in [3.05, 3.63) is 29.3 Å². The lowest BCUT2D eigenvalue weighted by Crippen LogP contribution is -2.59. The molecule has 84 heavy (non-hydrogen) atoms. The first-order chi connectivity index (χ1) is 39.8. The highest BCUT2D eigenvalue weighted by Gasteiger charge is 2.44. The number of hydrazine groups is 1. The number of carbonyl (C=O) groups is 14. The van der Waals surface area contributed by atoms with Gasteiger partial charge < -0.3 is 57.7 Å². The number of Topliss-reactive ketones (excluding diaryl/α,β-unsaturated/α-hetero) is 3. The highest BCUT2D eigenvalue weighted by molar-refractivity contribution is 9.09. The Morgan fingerprint density at radius 3 is 2.00 bits per heavy atom. The lowest BCUT2D eigenvalue weighted by Gasteiger charge is -2.32. The van der Waals surface area contributed by atoms with Gasteiger partial charge in [-0.2, -0.15) is 0 Å². The number of aliphatic hydroxyl groups excluding tert-OH is 1. The molecule has 1 unspecified atom stereocenters. The predicted octanol–water partition coefficient (Wildman–Crippen LogP) is -0.791. The Kier molecular flexibility index (Phi) is 25.4. The van der Waals surface area contributed by atoms with Crippen molar-refractivity contribution in [3.8, 4) is 0 Å². The second kappa shape index (κ2) is 31.6. The largest absolute Gasteiger partial charge is 0.480 e. The van der Waals surface area contributed by atoms with E-state index < -0.39 is 170 Å². The summed E-state index contributed by atoms with van der Waals surface area (Å²) in [5.74, 6) is -13.9. The van der Waals surface area contributed by atoms with Gasteiger partial charge in [0.25, 0.3) is 5.91 Å². The van der Waals surface area contributed by atoms with Crippen LogP contribution in [0.25, 0.3) is 10.9 Å². The van der Waals surface area contributed by atoms with E-state index in [0.717, 1.165) is 26.7 Å². The third kappa shape index (κ3) is 18.6. The van der Waals surface area contributed by atoms with Gasteiger partial charge in [-0.15, -0.1) is 11.8 Å². The number of carboxylic acid groups (broad SMARTS) is 1. The number of ketones is 3. The number of carbonyl (C=O) groups excluding carboxylic acids is 13. The van der Waals surface area contributed by atoms with Crippen LogP contribution in [0.4, 0.5) is 0 Å². The standard InChI is InChI=1S/C55H76BrN11O16S/c1-6-28(4)48-52(81)59-22-43(73)60-39-27-84-54-36(35-16-30(13-14-37(35)62-54)15-32(68)11-9-10-12-33(69)25-66(46(76)21-56)67(26-47(77)78)45(75)8-3)20-38(50(79)58-23-44(74)63-48)61-53(82)49(29(5)7-2)64-51(80)40-19-34(70)24-65(40)55(83)31(17-41(39)71)18-42(57)72/h13-14,16,28-29,31,34,38-40,48-49,62,70H,6-12,15,17-27H2,1-5H3,(H2,57,72)(H,58,79)(H,59,81)(H,60,73)(H,61,82)(H,63,74)(H,64,80)(H,77,78)/t28-,29?,31-,34+,38+,39-,40-,48-,49-/m0/s1. The van der Waals surface area contributed by atoms with Crippen LogP contribution in [0.1, 0.15) is 110 Å². The number of nitrogens with zero attached hydrogens (tertiary/aromatic N) is 3. The van der Waals surface area contributed by atoms with E-state index in [-0.39, 0.29) is 74.8 Å². The highest BCUT2D eigenvalue weighted by atomic mass is 79.9. The fourth-order valence-electron chi connectivity index (χ4n) is 10.1. The van der Waals surface area contributed by atoms with Gasteiger partial charge in [-0.05, 0) is 47.9 Å². The van der Waals surface area contributed by atoms with Gasteiger partial charge in [0.1, 0.15) is 43.0 Å². The van der Waals surface area contributed by atoms with E-state index in [4.69, 9.17) is 5.73 Å². The summed E-state index contributed by atoms with van der Waals surface area (Å²) in [6.45, 7) is 5.22. The molecule has 0 saturated carbocycles. The number of hydrogen-bond donors (Lipinski definition) is 10. The number of aromatic nitrogens is 1. The van der Waals surface area contributed by atoms with Crippen molar-refractivity contribution in [2.45, 2.75) is 153 Å². The van der Waals surface area contributed by atoms with Crippen LogP contribution in [0.3, 0.4) is 0 Å². The Hall–Kier alpha value is -7.27. The fourth-order valence-corrected chi connectivity index (χ4v) is 11.5. The molecule has 460 valence electrons. The second-order valence-electron chi connectivity index (χ2n) is 21.4. The third-order valence-corrected chi connectivity index (χ3v) is 16.7. The molecule has 3 aliphatic rings. The van der Waals surface area contributed by atoms with Crippen molar-refractivity contribution in [3.63, 3.8) is 0 Å². The van der Waals surface area contributed by atoms with Crippen LogP contribution in [-0.4, -0.2) is 193 Å². The number of aliphatic carboxylic acids is 1. The summed E-state index contributed by atoms with van der Waals surface area (Å²) in [6.07, 6.45) is -2.36. The molecule has 1 aromatic heterocycles. The number of aliphatic hydroxyl groups is 1. The third-order valence-electron chi connectivity index (χ3n) is 15.1. The molecule has 1 saturated heterocycles. The molecule has 29 heteroatoms. The van der Waals surface area contributed by atoms with Crippen LogP contribution in [0.5, 0.6) is 0 Å². The lowest BCUT2D eigenvalue weighted by molar-refractivity contribution is -0.168. The van der Waals surface area contributed by atoms with Crippen LogP contribution in [0.2, 0.25) is 0 Å². The Labute approximate surface area is 497 Å². The number of hydrogen-bond acceptors (Lipinski definition) is 16. The molecule has 11 N–H and O–H groups in total. The van der Waals surface area contributed by atoms with Crippen LogP contribution < -0.4 is 37.6 Å². The first-order valence-electron chi connectivity index (χ1n) is 28.0. The monoisotopic (exact) mass is 1260 g/mol. The lowest BCUT2D eigenvalue weighted by atomic mass is 9.93. The Morgan fingerprint density at radius 2 is 1.38 bits per heavy atom. The molecule has 0 spiro atoms. The molecule has 3 aliphatic heterocycles. The van der Waals surface area contributed by atoms with Gasteiger partial charge in [0.05, 0.1) is 41.5 Å². The molecule has 5 rings (SSSR count). The van der Waals surface area contributed by atoms with Gasteiger partial charge >= 0.3 is 5.97 Å². The molecule has 2 aromatic rings. The van der Waals surface area contributed by atoms with Crippen LogP contribution in [-0.2, 0) is 80.0 Å². The number of rotatable bonds is 19. The summed E-state index contributed by atoms with van der Waals surface area (Å²) in [6, 6.07) is -1.90. The minimum atomic E-state index is -1.53. The maximum absolute atomic E-state index is 14.7. The molecular formula is C55H76BrN11O16S. The van der Waals surface area contributed by atoms with E-state index in [1.807, 2.05) is 0 Å². The number of amides is 10. The minimum Gasteiger partial charge on any atom is -0.480 e. The number of benzene rings is 1. The Bertz CT molecular complexity index is 2870. The van der Waals surface area contributed by atoms with E-state index in [1.165, 1.54) is 6.92 Å². The number of unbranched alkanes of at least 4 members (excludes halogenated alkanes) is 1. The van der Waals surface area contributed by atoms with Crippen molar-refractivity contribution in [2.24, 2.45) is 23.5 Å². The van der Waals surface area contributed by atoms with Crippen molar-refractivity contribution in [1.29, 1.82) is 0 Å². The second-order valence-corrected chi connectivity index (χ2v) is 23.0. The van der Waals surface area contributed by atoms with E-state index in [9.17, 15) is 77.3 Å². The molecule has 0 aliphatic carbocycles. The quantitative estimate of drug-likeness (QED) is 0.0468. The minimum absolute atomic E-state index is 0.0137. The number of nitrogens with two attached hydrogens (primary N) is 1. The number of aromatic amines is 1. The number of halogens is 1. The summed E-state index contributed by atoms with van der Waals surface area (Å²) >= 11 is 4.02. The molecule has 0 radical (unpaired) electrons. The predicted molar refractivity (Wildman–Crippen MR) is 306 cm³/mol. The highest BCUT2D eigenvalue weighted by Crippen LogP contribution is 2.34. The van der Waals surface area contributed by atoms with Gasteiger partial charge in [-0.25, -0.2) is 10.0 Å². The zero-order chi connectivity index (χ0) is 62.1. The topological polar surface area (TPSA) is 403 Å². The van der Waals surface area contributed by atoms with Gasteiger partial charge in [0, 0.05) is 74.6 Å².